The van der Waals surface area contributed by atoms with Crippen molar-refractivity contribution >= 4 is 12.2 Å². The molecule has 2 saturated heterocycles. The van der Waals surface area contributed by atoms with Gasteiger partial charge in [-0.25, -0.2) is 0 Å². The van der Waals surface area contributed by atoms with Crippen LogP contribution in [0.15, 0.2) is 0 Å². The summed E-state index contributed by atoms with van der Waals surface area (Å²) in [5.41, 5.74) is 0. The summed E-state index contributed by atoms with van der Waals surface area (Å²) in [6, 6.07) is -1.62. The second kappa shape index (κ2) is 14.1. The summed E-state index contributed by atoms with van der Waals surface area (Å²) in [7, 11) is 0. The number of nitrogens with one attached hydrogen (secondary N) is 1. The normalized spacial score (nSPS) is 39.9. The molecule has 2 fully saturated rings. The standard InChI is InChI=1S/C20H35NO16/c1-6(26)21-7(2-22)11(28)17(8(27)3-23)36-20-16(33)18(13(30)10(5-25)35-20)37-19-15(32)14(31)12(29)9(4-24)34-19/h2,7-20,23-25,27-33H,3-5H2,1H3,(H,21,26)/t7-,8+,9+,10+,11+,12-,13-,14-,15+,16+,17+,18-,19+,20-/m0/s1. The molecule has 0 aromatic heterocycles. The highest BCUT2D eigenvalue weighted by Crippen LogP contribution is 2.30. The van der Waals surface area contributed by atoms with Gasteiger partial charge in [0, 0.05) is 6.92 Å². The van der Waals surface area contributed by atoms with E-state index in [0.29, 0.717) is 0 Å². The van der Waals surface area contributed by atoms with Crippen molar-refractivity contribution in [3.8, 4) is 0 Å². The summed E-state index contributed by atoms with van der Waals surface area (Å²) in [4.78, 5) is 22.7. The predicted molar refractivity (Wildman–Crippen MR) is 114 cm³/mol. The minimum Gasteiger partial charge on any atom is -0.394 e. The Morgan fingerprint density at radius 3 is 1.97 bits per heavy atom. The van der Waals surface area contributed by atoms with E-state index in [4.69, 9.17) is 18.9 Å². The van der Waals surface area contributed by atoms with Crippen molar-refractivity contribution < 1.29 is 79.6 Å². The average molecular weight is 545 g/mol. The van der Waals surface area contributed by atoms with Crippen LogP contribution in [-0.4, -0.2) is 169 Å². The van der Waals surface area contributed by atoms with E-state index in [9.17, 15) is 60.7 Å². The van der Waals surface area contributed by atoms with E-state index in [1.807, 2.05) is 0 Å². The average Bonchev–Trinajstić information content (AvgIpc) is 2.88. The van der Waals surface area contributed by atoms with Gasteiger partial charge in [-0.2, -0.15) is 0 Å². The Morgan fingerprint density at radius 1 is 0.892 bits per heavy atom. The third-order valence-corrected chi connectivity index (χ3v) is 6.04. The van der Waals surface area contributed by atoms with Gasteiger partial charge in [-0.1, -0.05) is 0 Å². The topological polar surface area (TPSA) is 285 Å². The molecule has 2 aliphatic rings. The molecule has 0 unspecified atom stereocenters. The number of carbonyl (C=O) groups excluding carboxylic acids is 2. The van der Waals surface area contributed by atoms with Gasteiger partial charge in [-0.05, 0) is 0 Å². The monoisotopic (exact) mass is 545 g/mol. The van der Waals surface area contributed by atoms with Crippen LogP contribution in [-0.2, 0) is 28.5 Å². The van der Waals surface area contributed by atoms with Crippen molar-refractivity contribution in [3.05, 3.63) is 0 Å². The Morgan fingerprint density at radius 2 is 1.46 bits per heavy atom. The lowest BCUT2D eigenvalue weighted by Gasteiger charge is -2.46. The van der Waals surface area contributed by atoms with E-state index in [-0.39, 0.29) is 6.29 Å². The molecule has 11 N–H and O–H groups in total. The number of aliphatic hydroxyl groups excluding tert-OH is 10. The van der Waals surface area contributed by atoms with Crippen molar-refractivity contribution in [1.29, 1.82) is 0 Å². The second-order valence-corrected chi connectivity index (χ2v) is 8.71. The first-order valence-electron chi connectivity index (χ1n) is 11.3. The molecule has 0 aromatic rings. The minimum atomic E-state index is -2.01. The number of aliphatic hydroxyl groups is 10. The molecule has 14 atom stereocenters. The van der Waals surface area contributed by atoms with Crippen LogP contribution in [0.3, 0.4) is 0 Å². The Kier molecular flexibility index (Phi) is 12.1. The quantitative estimate of drug-likeness (QED) is 0.102. The van der Waals surface area contributed by atoms with Crippen LogP contribution >= 0.6 is 0 Å². The number of hydrogen-bond donors (Lipinski definition) is 11. The third-order valence-electron chi connectivity index (χ3n) is 6.04. The van der Waals surface area contributed by atoms with Gasteiger partial charge >= 0.3 is 0 Å². The Labute approximate surface area is 210 Å². The van der Waals surface area contributed by atoms with Crippen molar-refractivity contribution in [2.45, 2.75) is 92.7 Å². The lowest BCUT2D eigenvalue weighted by atomic mass is 9.96. The van der Waals surface area contributed by atoms with Gasteiger partial charge in [0.1, 0.15) is 79.5 Å². The third kappa shape index (κ3) is 7.37. The molecule has 0 bridgehead atoms. The highest BCUT2D eigenvalue weighted by atomic mass is 16.7. The number of carbonyl (C=O) groups is 2. The Balaban J connectivity index is 2.28. The summed E-state index contributed by atoms with van der Waals surface area (Å²) in [6.07, 6.45) is -23.3. The predicted octanol–water partition coefficient (Wildman–Crippen LogP) is -7.59. The lowest BCUT2D eigenvalue weighted by molar-refractivity contribution is -0.368. The van der Waals surface area contributed by atoms with Crippen LogP contribution in [0.2, 0.25) is 0 Å². The number of rotatable bonds is 12. The maximum Gasteiger partial charge on any atom is 0.217 e. The highest BCUT2D eigenvalue weighted by Gasteiger charge is 2.52. The summed E-state index contributed by atoms with van der Waals surface area (Å²) in [5, 5.41) is 103. The van der Waals surface area contributed by atoms with Gasteiger partial charge in [-0.3, -0.25) is 4.79 Å². The molecular formula is C20H35NO16. The van der Waals surface area contributed by atoms with Crippen molar-refractivity contribution in [3.63, 3.8) is 0 Å². The Bertz CT molecular complexity index is 728. The molecule has 0 aromatic carbocycles. The van der Waals surface area contributed by atoms with Crippen LogP contribution in [0.25, 0.3) is 0 Å². The molecular weight excluding hydrogens is 510 g/mol. The lowest BCUT2D eigenvalue weighted by Crippen LogP contribution is -2.66. The molecule has 0 aliphatic carbocycles. The van der Waals surface area contributed by atoms with Crippen LogP contribution in [0.4, 0.5) is 0 Å². The molecule has 0 spiro atoms. The fourth-order valence-electron chi connectivity index (χ4n) is 3.96. The van der Waals surface area contributed by atoms with Crippen LogP contribution in [0, 0.1) is 0 Å². The van der Waals surface area contributed by atoms with Gasteiger partial charge in [0.05, 0.1) is 19.8 Å². The highest BCUT2D eigenvalue weighted by molar-refractivity contribution is 5.77. The van der Waals surface area contributed by atoms with E-state index in [1.165, 1.54) is 0 Å². The molecule has 2 aliphatic heterocycles. The van der Waals surface area contributed by atoms with Crippen molar-refractivity contribution in [1.82, 2.24) is 5.32 Å². The van der Waals surface area contributed by atoms with E-state index < -0.39 is 111 Å². The smallest absolute Gasteiger partial charge is 0.217 e. The zero-order valence-electron chi connectivity index (χ0n) is 19.7. The fourth-order valence-corrected chi connectivity index (χ4v) is 3.96. The number of aldehydes is 1. The molecule has 37 heavy (non-hydrogen) atoms. The second-order valence-electron chi connectivity index (χ2n) is 8.71. The maximum atomic E-state index is 11.4. The molecule has 17 nitrogen and oxygen atoms in total. The largest absolute Gasteiger partial charge is 0.394 e. The number of ether oxygens (including phenoxy) is 4. The first-order chi connectivity index (χ1) is 17.4. The van der Waals surface area contributed by atoms with E-state index >= 15 is 0 Å². The molecule has 17 heteroatoms. The van der Waals surface area contributed by atoms with Gasteiger partial charge in [0.25, 0.3) is 0 Å². The maximum absolute atomic E-state index is 11.4. The van der Waals surface area contributed by atoms with Crippen molar-refractivity contribution in [2.24, 2.45) is 0 Å². The SMILES string of the molecule is CC(=O)N[C@@H](C=O)[C@@H](O)[C@H](O[C@@H]1O[C@H](CO)[C@H](O)[C@H](O[C@H]2O[C@H](CO)[C@H](O)[C@H](O)[C@H]2O)[C@H]1O)[C@H](O)CO. The minimum absolute atomic E-state index is 0.135. The zero-order chi connectivity index (χ0) is 28.0. The van der Waals surface area contributed by atoms with Gasteiger partial charge in [-0.15, -0.1) is 0 Å². The fraction of sp³-hybridized carbons (Fsp3) is 0.900. The van der Waals surface area contributed by atoms with E-state index in [1.54, 1.807) is 0 Å². The van der Waals surface area contributed by atoms with E-state index in [0.717, 1.165) is 6.92 Å². The van der Waals surface area contributed by atoms with Gasteiger partial charge in [0.2, 0.25) is 5.91 Å². The molecule has 2 rings (SSSR count). The Hall–Kier alpha value is -1.42. The summed E-state index contributed by atoms with van der Waals surface area (Å²) in [6.45, 7) is -1.63. The van der Waals surface area contributed by atoms with Crippen LogP contribution in [0.5, 0.6) is 0 Å². The van der Waals surface area contributed by atoms with Crippen LogP contribution in [0.1, 0.15) is 6.92 Å². The zero-order valence-corrected chi connectivity index (χ0v) is 19.7. The molecule has 0 saturated carbocycles. The molecule has 1 amide bonds. The molecule has 216 valence electrons. The summed E-state index contributed by atoms with van der Waals surface area (Å²) < 4.78 is 21.3. The van der Waals surface area contributed by atoms with Gasteiger partial charge in [0.15, 0.2) is 12.6 Å². The number of amides is 1. The van der Waals surface area contributed by atoms with Gasteiger partial charge < -0.3 is 80.1 Å². The molecule has 2 heterocycles. The summed E-state index contributed by atoms with van der Waals surface area (Å²) in [5.74, 6) is -0.723. The first kappa shape index (κ1) is 31.8. The van der Waals surface area contributed by atoms with Crippen LogP contribution < -0.4 is 5.32 Å². The first-order valence-corrected chi connectivity index (χ1v) is 11.3. The number of hydrogen-bond acceptors (Lipinski definition) is 16. The van der Waals surface area contributed by atoms with Crippen molar-refractivity contribution in [2.75, 3.05) is 19.8 Å². The summed E-state index contributed by atoms with van der Waals surface area (Å²) >= 11 is 0. The molecule has 0 radical (unpaired) electrons. The van der Waals surface area contributed by atoms with E-state index in [2.05, 4.69) is 5.32 Å².